The van der Waals surface area contributed by atoms with Crippen molar-refractivity contribution in [2.45, 2.75) is 12.3 Å². The molecule has 1 aliphatic heterocycles. The van der Waals surface area contributed by atoms with E-state index in [2.05, 4.69) is 29.4 Å². The first-order valence-corrected chi connectivity index (χ1v) is 4.45. The fourth-order valence-electron chi connectivity index (χ4n) is 1.27. The van der Waals surface area contributed by atoms with Crippen molar-refractivity contribution in [2.24, 2.45) is 0 Å². The summed E-state index contributed by atoms with van der Waals surface area (Å²) in [5, 5.41) is 5.38. The van der Waals surface area contributed by atoms with Gasteiger partial charge in [0.15, 0.2) is 0 Å². The predicted molar refractivity (Wildman–Crippen MR) is 44.0 cm³/mol. The SMILES string of the molecule is [CH]1NCCC1c1cccs1. The second-order valence-corrected chi connectivity index (χ2v) is 3.51. The first-order chi connectivity index (χ1) is 4.97. The van der Waals surface area contributed by atoms with Gasteiger partial charge >= 0.3 is 0 Å². The molecule has 1 nitrogen and oxygen atoms in total. The normalized spacial score (nSPS) is 25.4. The highest BCUT2D eigenvalue weighted by atomic mass is 32.1. The van der Waals surface area contributed by atoms with Crippen LogP contribution in [0.3, 0.4) is 0 Å². The zero-order valence-electron chi connectivity index (χ0n) is 5.71. The molecule has 0 aliphatic carbocycles. The minimum Gasteiger partial charge on any atom is -0.312 e. The van der Waals surface area contributed by atoms with Crippen molar-refractivity contribution >= 4 is 11.3 Å². The molecule has 2 heteroatoms. The fraction of sp³-hybridized carbons (Fsp3) is 0.375. The smallest absolute Gasteiger partial charge is 0.0304 e. The molecule has 0 aromatic carbocycles. The zero-order valence-corrected chi connectivity index (χ0v) is 6.53. The van der Waals surface area contributed by atoms with E-state index in [1.807, 2.05) is 11.3 Å². The summed E-state index contributed by atoms with van der Waals surface area (Å²) in [6.45, 7) is 3.34. The van der Waals surface area contributed by atoms with Gasteiger partial charge in [-0.25, -0.2) is 0 Å². The summed E-state index contributed by atoms with van der Waals surface area (Å²) in [4.78, 5) is 1.49. The molecular weight excluding hydrogens is 142 g/mol. The Labute approximate surface area is 65.1 Å². The van der Waals surface area contributed by atoms with Gasteiger partial charge in [0, 0.05) is 17.3 Å². The third kappa shape index (κ3) is 1.09. The van der Waals surface area contributed by atoms with Crippen LogP contribution in [0.2, 0.25) is 0 Å². The highest BCUT2D eigenvalue weighted by Crippen LogP contribution is 2.28. The van der Waals surface area contributed by atoms with Crippen LogP contribution in [-0.4, -0.2) is 6.54 Å². The van der Waals surface area contributed by atoms with Crippen LogP contribution in [0.4, 0.5) is 0 Å². The molecule has 2 heterocycles. The Hall–Kier alpha value is -0.340. The summed E-state index contributed by atoms with van der Waals surface area (Å²) < 4.78 is 0. The standard InChI is InChI=1S/C8H10NS/c1-2-8(10-5-1)7-3-4-9-6-7/h1-2,5-7,9H,3-4H2. The molecule has 1 aliphatic rings. The highest BCUT2D eigenvalue weighted by molar-refractivity contribution is 7.10. The van der Waals surface area contributed by atoms with Gasteiger partial charge in [-0.15, -0.1) is 11.3 Å². The summed E-state index contributed by atoms with van der Waals surface area (Å²) in [5.41, 5.74) is 0. The van der Waals surface area contributed by atoms with E-state index in [9.17, 15) is 0 Å². The van der Waals surface area contributed by atoms with Crippen molar-refractivity contribution in [3.8, 4) is 0 Å². The van der Waals surface area contributed by atoms with Crippen LogP contribution in [0.5, 0.6) is 0 Å². The van der Waals surface area contributed by atoms with Crippen molar-refractivity contribution in [1.29, 1.82) is 0 Å². The first kappa shape index (κ1) is 6.38. The molecule has 0 amide bonds. The van der Waals surface area contributed by atoms with Crippen LogP contribution >= 0.6 is 11.3 Å². The second-order valence-electron chi connectivity index (χ2n) is 2.53. The Morgan fingerprint density at radius 1 is 1.60 bits per heavy atom. The Morgan fingerprint density at radius 2 is 2.60 bits per heavy atom. The van der Waals surface area contributed by atoms with Crippen LogP contribution in [0.25, 0.3) is 0 Å². The van der Waals surface area contributed by atoms with E-state index in [4.69, 9.17) is 0 Å². The van der Waals surface area contributed by atoms with Gasteiger partial charge in [-0.1, -0.05) is 6.07 Å². The topological polar surface area (TPSA) is 12.0 Å². The van der Waals surface area contributed by atoms with Crippen LogP contribution in [0, 0.1) is 6.54 Å². The monoisotopic (exact) mass is 152 g/mol. The maximum absolute atomic E-state index is 3.24. The molecule has 53 valence electrons. The Balaban J connectivity index is 2.12. The summed E-state index contributed by atoms with van der Waals surface area (Å²) >= 11 is 1.85. The van der Waals surface area contributed by atoms with Gasteiger partial charge in [-0.3, -0.25) is 0 Å². The van der Waals surface area contributed by atoms with Gasteiger partial charge in [0.05, 0.1) is 0 Å². The molecule has 1 saturated heterocycles. The number of hydrogen-bond donors (Lipinski definition) is 1. The molecule has 1 atom stereocenters. The fourth-order valence-corrected chi connectivity index (χ4v) is 2.11. The van der Waals surface area contributed by atoms with E-state index in [0.717, 1.165) is 6.54 Å². The number of rotatable bonds is 1. The lowest BCUT2D eigenvalue weighted by atomic mass is 10.1. The summed E-state index contributed by atoms with van der Waals surface area (Å²) in [7, 11) is 0. The maximum Gasteiger partial charge on any atom is 0.0304 e. The molecule has 0 spiro atoms. The van der Waals surface area contributed by atoms with Gasteiger partial charge in [0.25, 0.3) is 0 Å². The lowest BCUT2D eigenvalue weighted by molar-refractivity contribution is 0.839. The molecule has 1 N–H and O–H groups in total. The molecule has 1 aromatic rings. The quantitative estimate of drug-likeness (QED) is 0.649. The molecule has 2 rings (SSSR count). The van der Waals surface area contributed by atoms with E-state index in [1.54, 1.807) is 0 Å². The third-order valence-corrected chi connectivity index (χ3v) is 2.83. The van der Waals surface area contributed by atoms with E-state index < -0.39 is 0 Å². The maximum atomic E-state index is 3.24. The molecule has 1 aromatic heterocycles. The van der Waals surface area contributed by atoms with Gasteiger partial charge < -0.3 is 5.32 Å². The van der Waals surface area contributed by atoms with Crippen molar-refractivity contribution < 1.29 is 0 Å². The van der Waals surface area contributed by atoms with Crippen molar-refractivity contribution in [2.75, 3.05) is 6.54 Å². The van der Waals surface area contributed by atoms with Gasteiger partial charge in [-0.2, -0.15) is 0 Å². The predicted octanol–water partition coefficient (Wildman–Crippen LogP) is 1.99. The Morgan fingerprint density at radius 3 is 3.20 bits per heavy atom. The summed E-state index contributed by atoms with van der Waals surface area (Å²) in [6, 6.07) is 4.32. The third-order valence-electron chi connectivity index (χ3n) is 1.83. The van der Waals surface area contributed by atoms with Crippen LogP contribution < -0.4 is 5.32 Å². The van der Waals surface area contributed by atoms with Crippen LogP contribution in [-0.2, 0) is 0 Å². The van der Waals surface area contributed by atoms with Crippen LogP contribution in [0.1, 0.15) is 17.2 Å². The van der Waals surface area contributed by atoms with Gasteiger partial charge in [-0.05, 0) is 24.4 Å². The minimum absolute atomic E-state index is 0.681. The van der Waals surface area contributed by atoms with E-state index >= 15 is 0 Å². The Kier molecular flexibility index (Phi) is 1.74. The molecule has 1 fully saturated rings. The van der Waals surface area contributed by atoms with Crippen LogP contribution in [0.15, 0.2) is 17.5 Å². The average Bonchev–Trinajstić information content (AvgIpc) is 2.59. The molecule has 1 unspecified atom stereocenters. The lowest BCUT2D eigenvalue weighted by Crippen LogP contribution is -1.99. The molecule has 10 heavy (non-hydrogen) atoms. The first-order valence-electron chi connectivity index (χ1n) is 3.57. The second kappa shape index (κ2) is 2.72. The molecule has 1 radical (unpaired) electrons. The molecular formula is C8H10NS. The number of hydrogen-bond acceptors (Lipinski definition) is 2. The summed E-state index contributed by atoms with van der Waals surface area (Å²) in [5.74, 6) is 0.681. The van der Waals surface area contributed by atoms with Gasteiger partial charge in [0.2, 0.25) is 0 Å². The highest BCUT2D eigenvalue weighted by Gasteiger charge is 2.16. The minimum atomic E-state index is 0.681. The average molecular weight is 152 g/mol. The van der Waals surface area contributed by atoms with E-state index in [1.165, 1.54) is 11.3 Å². The number of nitrogens with one attached hydrogen (secondary N) is 1. The van der Waals surface area contributed by atoms with Gasteiger partial charge in [0.1, 0.15) is 0 Å². The lowest BCUT2D eigenvalue weighted by Gasteiger charge is -2.01. The summed E-state index contributed by atoms with van der Waals surface area (Å²) in [6.07, 6.45) is 1.26. The largest absolute Gasteiger partial charge is 0.312 e. The van der Waals surface area contributed by atoms with E-state index in [0.29, 0.717) is 5.92 Å². The zero-order chi connectivity index (χ0) is 6.81. The van der Waals surface area contributed by atoms with Crippen molar-refractivity contribution in [3.05, 3.63) is 28.9 Å². The van der Waals surface area contributed by atoms with Crippen molar-refractivity contribution in [1.82, 2.24) is 5.32 Å². The van der Waals surface area contributed by atoms with Crippen molar-refractivity contribution in [3.63, 3.8) is 0 Å². The Bertz CT molecular complexity index is 187. The molecule has 0 saturated carbocycles. The molecule has 0 bridgehead atoms. The number of thiophene rings is 1. The van der Waals surface area contributed by atoms with E-state index in [-0.39, 0.29) is 0 Å².